The molecule has 0 spiro atoms. The minimum atomic E-state index is -0.158. The van der Waals surface area contributed by atoms with Crippen LogP contribution in [-0.2, 0) is 0 Å². The molecule has 1 atom stereocenters. The Morgan fingerprint density at radius 2 is 1.77 bits per heavy atom. The highest BCUT2D eigenvalue weighted by Gasteiger charge is 2.16. The summed E-state index contributed by atoms with van der Waals surface area (Å²) in [5.41, 5.74) is 13.6. The van der Waals surface area contributed by atoms with E-state index in [1.165, 1.54) is 14.3 Å². The van der Waals surface area contributed by atoms with Gasteiger partial charge in [0.25, 0.3) is 0 Å². The minimum absolute atomic E-state index is 0.157. The van der Waals surface area contributed by atoms with Crippen molar-refractivity contribution in [2.75, 3.05) is 11.5 Å². The Balaban J connectivity index is 1.76. The van der Waals surface area contributed by atoms with Crippen LogP contribution in [0.1, 0.15) is 18.6 Å². The summed E-state index contributed by atoms with van der Waals surface area (Å²) in [5.74, 6) is 1.13. The first-order valence-electron chi connectivity index (χ1n) is 8.20. The van der Waals surface area contributed by atoms with E-state index in [0.29, 0.717) is 22.5 Å². The number of nitrogens with zero attached hydrogens (tertiary/aromatic N) is 2. The standard InChI is InChI=1S/C20H17IN4O/c1-11(13-10-9-12-5-2-3-6-14(12)18(13)21)26-16-8-4-7-15-17(16)19(22)25-20(23)24-15/h2-11H,1H3,(H4,22,23,24,25)/t11-/m0/s1. The number of nitrogens with two attached hydrogens (primary N) is 2. The van der Waals surface area contributed by atoms with Gasteiger partial charge in [0.1, 0.15) is 17.7 Å². The molecule has 0 aliphatic rings. The number of hydrogen-bond acceptors (Lipinski definition) is 5. The predicted molar refractivity (Wildman–Crippen MR) is 114 cm³/mol. The molecule has 0 fully saturated rings. The molecule has 4 rings (SSSR count). The SMILES string of the molecule is C[C@H](Oc1cccc2nc(N)nc(N)c12)c1ccc2ccccc2c1I. The van der Waals surface area contributed by atoms with Gasteiger partial charge in [0.2, 0.25) is 5.95 Å². The second kappa shape index (κ2) is 6.60. The van der Waals surface area contributed by atoms with Gasteiger partial charge < -0.3 is 16.2 Å². The zero-order chi connectivity index (χ0) is 18.3. The van der Waals surface area contributed by atoms with Crippen LogP contribution in [0.2, 0.25) is 0 Å². The number of hydrogen-bond donors (Lipinski definition) is 2. The summed E-state index contributed by atoms with van der Waals surface area (Å²) in [5, 5.41) is 3.12. The van der Waals surface area contributed by atoms with Crippen LogP contribution >= 0.6 is 22.6 Å². The van der Waals surface area contributed by atoms with Crippen molar-refractivity contribution in [2.45, 2.75) is 13.0 Å². The fourth-order valence-electron chi connectivity index (χ4n) is 3.11. The summed E-state index contributed by atoms with van der Waals surface area (Å²) in [4.78, 5) is 8.30. The first kappa shape index (κ1) is 16.8. The van der Waals surface area contributed by atoms with Crippen LogP contribution in [0.3, 0.4) is 0 Å². The van der Waals surface area contributed by atoms with Crippen LogP contribution in [0.15, 0.2) is 54.6 Å². The molecule has 0 unspecified atom stereocenters. The molecule has 4 N–H and O–H groups in total. The Morgan fingerprint density at radius 3 is 2.62 bits per heavy atom. The van der Waals surface area contributed by atoms with E-state index in [0.717, 1.165) is 5.56 Å². The summed E-state index contributed by atoms with van der Waals surface area (Å²) in [6, 6.07) is 18.2. The third-order valence-corrected chi connectivity index (χ3v) is 5.57. The number of anilines is 2. The van der Waals surface area contributed by atoms with Gasteiger partial charge in [0.15, 0.2) is 0 Å². The van der Waals surface area contributed by atoms with Crippen molar-refractivity contribution in [3.8, 4) is 5.75 Å². The van der Waals surface area contributed by atoms with E-state index in [-0.39, 0.29) is 12.1 Å². The molecule has 1 heterocycles. The molecule has 3 aromatic carbocycles. The first-order valence-corrected chi connectivity index (χ1v) is 9.28. The van der Waals surface area contributed by atoms with E-state index in [4.69, 9.17) is 16.2 Å². The lowest BCUT2D eigenvalue weighted by Crippen LogP contribution is -2.07. The average molecular weight is 456 g/mol. The average Bonchev–Trinajstić information content (AvgIpc) is 2.61. The molecule has 130 valence electrons. The summed E-state index contributed by atoms with van der Waals surface area (Å²) >= 11 is 2.38. The quantitative estimate of drug-likeness (QED) is 0.437. The van der Waals surface area contributed by atoms with E-state index in [2.05, 4.69) is 56.8 Å². The molecular formula is C20H17IN4O. The molecule has 0 saturated carbocycles. The second-order valence-electron chi connectivity index (χ2n) is 6.07. The first-order chi connectivity index (χ1) is 12.5. The zero-order valence-corrected chi connectivity index (χ0v) is 16.3. The highest BCUT2D eigenvalue weighted by molar-refractivity contribution is 14.1. The van der Waals surface area contributed by atoms with Crippen LogP contribution in [0.5, 0.6) is 5.75 Å². The summed E-state index contributed by atoms with van der Waals surface area (Å²) in [6.45, 7) is 2.03. The van der Waals surface area contributed by atoms with Crippen molar-refractivity contribution in [3.05, 3.63) is 63.7 Å². The van der Waals surface area contributed by atoms with Crippen molar-refractivity contribution in [1.82, 2.24) is 9.97 Å². The van der Waals surface area contributed by atoms with E-state index >= 15 is 0 Å². The highest BCUT2D eigenvalue weighted by Crippen LogP contribution is 2.35. The van der Waals surface area contributed by atoms with E-state index < -0.39 is 0 Å². The van der Waals surface area contributed by atoms with Crippen molar-refractivity contribution in [2.24, 2.45) is 0 Å². The Kier molecular flexibility index (Phi) is 4.28. The molecule has 4 aromatic rings. The van der Waals surface area contributed by atoms with E-state index in [1.54, 1.807) is 0 Å². The molecule has 0 amide bonds. The van der Waals surface area contributed by atoms with Gasteiger partial charge >= 0.3 is 0 Å². The third-order valence-electron chi connectivity index (χ3n) is 4.37. The molecule has 26 heavy (non-hydrogen) atoms. The van der Waals surface area contributed by atoms with Crippen LogP contribution in [0.25, 0.3) is 21.7 Å². The number of aromatic nitrogens is 2. The van der Waals surface area contributed by atoms with Gasteiger partial charge in [-0.05, 0) is 52.4 Å². The van der Waals surface area contributed by atoms with E-state index in [1.807, 2.05) is 37.3 Å². The molecule has 1 aromatic heterocycles. The second-order valence-corrected chi connectivity index (χ2v) is 7.15. The molecule has 5 nitrogen and oxygen atoms in total. The van der Waals surface area contributed by atoms with Crippen LogP contribution in [-0.4, -0.2) is 9.97 Å². The Morgan fingerprint density at radius 1 is 0.962 bits per heavy atom. The smallest absolute Gasteiger partial charge is 0.222 e. The number of rotatable bonds is 3. The molecule has 0 aliphatic heterocycles. The lowest BCUT2D eigenvalue weighted by atomic mass is 10.0. The maximum atomic E-state index is 6.26. The van der Waals surface area contributed by atoms with Crippen LogP contribution < -0.4 is 16.2 Å². The predicted octanol–water partition coefficient (Wildman–Crippen LogP) is 4.69. The maximum absolute atomic E-state index is 6.26. The minimum Gasteiger partial charge on any atom is -0.485 e. The fraction of sp³-hybridized carbons (Fsp3) is 0.100. The van der Waals surface area contributed by atoms with E-state index in [9.17, 15) is 0 Å². The molecule has 0 bridgehead atoms. The summed E-state index contributed by atoms with van der Waals surface area (Å²) in [6.07, 6.45) is -0.158. The van der Waals surface area contributed by atoms with Gasteiger partial charge in [-0.3, -0.25) is 0 Å². The zero-order valence-electron chi connectivity index (χ0n) is 14.1. The Bertz CT molecular complexity index is 1130. The lowest BCUT2D eigenvalue weighted by Gasteiger charge is -2.19. The van der Waals surface area contributed by atoms with Crippen LogP contribution in [0.4, 0.5) is 11.8 Å². The number of nitrogen functional groups attached to an aromatic ring is 2. The number of ether oxygens (including phenoxy) is 1. The Labute approximate surface area is 164 Å². The van der Waals surface area contributed by atoms with Gasteiger partial charge in [0, 0.05) is 9.13 Å². The fourth-order valence-corrected chi connectivity index (χ4v) is 4.22. The molecule has 0 radical (unpaired) electrons. The van der Waals surface area contributed by atoms with Crippen LogP contribution in [0, 0.1) is 3.57 Å². The molecule has 0 aliphatic carbocycles. The van der Waals surface area contributed by atoms with Gasteiger partial charge in [-0.2, -0.15) is 4.98 Å². The number of benzene rings is 3. The number of halogens is 1. The lowest BCUT2D eigenvalue weighted by molar-refractivity contribution is 0.229. The topological polar surface area (TPSA) is 87.0 Å². The highest BCUT2D eigenvalue weighted by atomic mass is 127. The molecular weight excluding hydrogens is 439 g/mol. The molecule has 6 heteroatoms. The Hall–Kier alpha value is -2.61. The van der Waals surface area contributed by atoms with Crippen molar-refractivity contribution >= 4 is 56.0 Å². The third kappa shape index (κ3) is 2.90. The number of fused-ring (bicyclic) bond motifs is 2. The summed E-state index contributed by atoms with van der Waals surface area (Å²) in [7, 11) is 0. The van der Waals surface area contributed by atoms with Crippen molar-refractivity contribution < 1.29 is 4.74 Å². The monoisotopic (exact) mass is 456 g/mol. The maximum Gasteiger partial charge on any atom is 0.222 e. The molecule has 0 saturated heterocycles. The van der Waals surface area contributed by atoms with Crippen molar-refractivity contribution in [3.63, 3.8) is 0 Å². The van der Waals surface area contributed by atoms with Gasteiger partial charge in [-0.25, -0.2) is 4.98 Å². The van der Waals surface area contributed by atoms with Gasteiger partial charge in [-0.15, -0.1) is 0 Å². The van der Waals surface area contributed by atoms with Crippen molar-refractivity contribution in [1.29, 1.82) is 0 Å². The van der Waals surface area contributed by atoms with Gasteiger partial charge in [0.05, 0.1) is 10.9 Å². The normalized spacial score (nSPS) is 12.4. The largest absolute Gasteiger partial charge is 0.485 e. The summed E-state index contributed by atoms with van der Waals surface area (Å²) < 4.78 is 7.44. The van der Waals surface area contributed by atoms with Gasteiger partial charge in [-0.1, -0.05) is 42.5 Å².